The molecule has 1 amide bonds. The first-order chi connectivity index (χ1) is 9.22. The van der Waals surface area contributed by atoms with Gasteiger partial charge in [-0.05, 0) is 26.4 Å². The summed E-state index contributed by atoms with van der Waals surface area (Å²) in [5.74, 6) is 0. The number of nitrogens with one attached hydrogen (secondary N) is 2. The van der Waals surface area contributed by atoms with E-state index in [0.29, 0.717) is 6.54 Å². The van der Waals surface area contributed by atoms with Gasteiger partial charge in [-0.3, -0.25) is 0 Å². The van der Waals surface area contributed by atoms with Crippen molar-refractivity contribution in [2.45, 2.75) is 52.4 Å². The quantitative estimate of drug-likeness (QED) is 0.473. The summed E-state index contributed by atoms with van der Waals surface area (Å²) in [6, 6.07) is 0. The number of carbonyl (C=O) groups is 1. The van der Waals surface area contributed by atoms with Crippen LogP contribution in [0.4, 0.5) is 4.79 Å². The summed E-state index contributed by atoms with van der Waals surface area (Å²) in [6.07, 6.45) is 8.51. The largest absolute Gasteiger partial charge is 0.445 e. The van der Waals surface area contributed by atoms with Crippen LogP contribution in [0.15, 0.2) is 12.7 Å². The van der Waals surface area contributed by atoms with Gasteiger partial charge in [0.05, 0.1) is 0 Å². The third kappa shape index (κ3) is 22.6. The molecular formula is C15H32N2O2. The highest BCUT2D eigenvalue weighted by atomic mass is 16.5. The minimum atomic E-state index is -0.356. The standard InChI is InChI=1S/C9H17NO2.C6H15N/c1-3-5-6-7-10-9(11)12-8-4-2;1-3-4-5-6-7-2/h4H,2-3,5-8H2,1H3,(H,10,11);7H,3-6H2,1-2H3. The van der Waals surface area contributed by atoms with Crippen molar-refractivity contribution >= 4 is 6.09 Å². The topological polar surface area (TPSA) is 50.4 Å². The fraction of sp³-hybridized carbons (Fsp3) is 0.800. The predicted octanol–water partition coefficient (Wildman–Crippen LogP) is 3.48. The average Bonchev–Trinajstić information content (AvgIpc) is 2.43. The summed E-state index contributed by atoms with van der Waals surface area (Å²) in [7, 11) is 2.00. The number of amides is 1. The molecule has 19 heavy (non-hydrogen) atoms. The molecule has 114 valence electrons. The van der Waals surface area contributed by atoms with Crippen molar-refractivity contribution in [2.24, 2.45) is 0 Å². The van der Waals surface area contributed by atoms with Gasteiger partial charge in [0.25, 0.3) is 0 Å². The summed E-state index contributed by atoms with van der Waals surface area (Å²) >= 11 is 0. The maximum Gasteiger partial charge on any atom is 0.407 e. The van der Waals surface area contributed by atoms with Gasteiger partial charge in [0.15, 0.2) is 0 Å². The molecule has 0 aromatic carbocycles. The molecule has 0 saturated heterocycles. The SMILES string of the molecule is C=CCOC(=O)NCCCCC.CCCCCNC. The van der Waals surface area contributed by atoms with E-state index in [2.05, 4.69) is 31.1 Å². The molecule has 0 aliphatic carbocycles. The normalized spacial score (nSPS) is 9.21. The van der Waals surface area contributed by atoms with E-state index in [0.717, 1.165) is 19.3 Å². The lowest BCUT2D eigenvalue weighted by molar-refractivity contribution is 0.158. The Bertz CT molecular complexity index is 193. The molecule has 4 nitrogen and oxygen atoms in total. The van der Waals surface area contributed by atoms with Gasteiger partial charge in [-0.2, -0.15) is 0 Å². The number of unbranched alkanes of at least 4 members (excludes halogenated alkanes) is 4. The number of carbonyl (C=O) groups excluding carboxylic acids is 1. The molecule has 0 bridgehead atoms. The van der Waals surface area contributed by atoms with Gasteiger partial charge in [-0.15, -0.1) is 0 Å². The summed E-state index contributed by atoms with van der Waals surface area (Å²) in [6.45, 7) is 9.93. The van der Waals surface area contributed by atoms with Gasteiger partial charge in [-0.1, -0.05) is 52.2 Å². The van der Waals surface area contributed by atoms with E-state index in [4.69, 9.17) is 4.74 Å². The number of hydrogen-bond acceptors (Lipinski definition) is 3. The zero-order chi connectivity index (χ0) is 14.8. The predicted molar refractivity (Wildman–Crippen MR) is 82.5 cm³/mol. The molecule has 0 aromatic heterocycles. The lowest BCUT2D eigenvalue weighted by Crippen LogP contribution is -2.25. The van der Waals surface area contributed by atoms with Crippen LogP contribution in [0.2, 0.25) is 0 Å². The van der Waals surface area contributed by atoms with Crippen LogP contribution in [-0.2, 0) is 4.74 Å². The van der Waals surface area contributed by atoms with E-state index in [1.165, 1.54) is 25.8 Å². The number of alkyl carbamates (subject to hydrolysis) is 1. The first-order valence-corrected chi connectivity index (χ1v) is 7.38. The van der Waals surface area contributed by atoms with Crippen molar-refractivity contribution < 1.29 is 9.53 Å². The molecule has 0 aliphatic rings. The van der Waals surface area contributed by atoms with E-state index < -0.39 is 0 Å². The Hall–Kier alpha value is -1.03. The minimum Gasteiger partial charge on any atom is -0.445 e. The van der Waals surface area contributed by atoms with Crippen LogP contribution in [0.25, 0.3) is 0 Å². The molecule has 0 spiro atoms. The second kappa shape index (κ2) is 19.3. The van der Waals surface area contributed by atoms with Crippen molar-refractivity contribution in [2.75, 3.05) is 26.7 Å². The number of hydrogen-bond donors (Lipinski definition) is 2. The van der Waals surface area contributed by atoms with Crippen LogP contribution in [0.1, 0.15) is 52.4 Å². The highest BCUT2D eigenvalue weighted by Gasteiger charge is 1.97. The molecule has 0 aliphatic heterocycles. The molecule has 0 heterocycles. The first kappa shape index (κ1) is 20.3. The van der Waals surface area contributed by atoms with E-state index in [9.17, 15) is 4.79 Å². The Morgan fingerprint density at radius 3 is 2.16 bits per heavy atom. The molecule has 0 fully saturated rings. The molecule has 0 saturated carbocycles. The van der Waals surface area contributed by atoms with Crippen molar-refractivity contribution in [3.05, 3.63) is 12.7 Å². The van der Waals surface area contributed by atoms with Gasteiger partial charge < -0.3 is 15.4 Å². The zero-order valence-electron chi connectivity index (χ0n) is 13.0. The lowest BCUT2D eigenvalue weighted by Gasteiger charge is -2.03. The van der Waals surface area contributed by atoms with Crippen molar-refractivity contribution in [3.63, 3.8) is 0 Å². The van der Waals surface area contributed by atoms with Crippen LogP contribution < -0.4 is 10.6 Å². The summed E-state index contributed by atoms with van der Waals surface area (Å²) in [5, 5.41) is 5.75. The third-order valence-electron chi connectivity index (χ3n) is 2.41. The van der Waals surface area contributed by atoms with E-state index in [1.807, 2.05) is 7.05 Å². The van der Waals surface area contributed by atoms with Crippen molar-refractivity contribution in [3.8, 4) is 0 Å². The third-order valence-corrected chi connectivity index (χ3v) is 2.41. The highest BCUT2D eigenvalue weighted by molar-refractivity contribution is 5.67. The van der Waals surface area contributed by atoms with Gasteiger partial charge in [-0.25, -0.2) is 4.79 Å². The van der Waals surface area contributed by atoms with Crippen LogP contribution in [-0.4, -0.2) is 32.8 Å². The second-order valence-electron chi connectivity index (χ2n) is 4.33. The van der Waals surface area contributed by atoms with Gasteiger partial charge >= 0.3 is 6.09 Å². The van der Waals surface area contributed by atoms with Crippen LogP contribution in [0, 0.1) is 0 Å². The number of ether oxygens (including phenoxy) is 1. The number of rotatable bonds is 10. The fourth-order valence-corrected chi connectivity index (χ4v) is 1.30. The monoisotopic (exact) mass is 272 g/mol. The summed E-state index contributed by atoms with van der Waals surface area (Å²) < 4.78 is 4.70. The van der Waals surface area contributed by atoms with Crippen molar-refractivity contribution in [1.82, 2.24) is 10.6 Å². The van der Waals surface area contributed by atoms with Crippen molar-refractivity contribution in [1.29, 1.82) is 0 Å². The molecule has 0 aromatic rings. The van der Waals surface area contributed by atoms with Crippen LogP contribution in [0.3, 0.4) is 0 Å². The van der Waals surface area contributed by atoms with Gasteiger partial charge in [0.1, 0.15) is 6.61 Å². The zero-order valence-corrected chi connectivity index (χ0v) is 13.0. The Balaban J connectivity index is 0. The summed E-state index contributed by atoms with van der Waals surface area (Å²) in [4.78, 5) is 10.8. The Labute approximate surface area is 119 Å². The fourth-order valence-electron chi connectivity index (χ4n) is 1.30. The maximum atomic E-state index is 10.8. The van der Waals surface area contributed by atoms with Gasteiger partial charge in [0.2, 0.25) is 0 Å². The summed E-state index contributed by atoms with van der Waals surface area (Å²) in [5.41, 5.74) is 0. The molecule has 4 heteroatoms. The van der Waals surface area contributed by atoms with E-state index in [1.54, 1.807) is 6.08 Å². The second-order valence-corrected chi connectivity index (χ2v) is 4.33. The molecule has 0 rings (SSSR count). The molecule has 2 N–H and O–H groups in total. The Morgan fingerprint density at radius 1 is 1.11 bits per heavy atom. The van der Waals surface area contributed by atoms with Gasteiger partial charge in [0, 0.05) is 6.54 Å². The van der Waals surface area contributed by atoms with Crippen LogP contribution >= 0.6 is 0 Å². The highest BCUT2D eigenvalue weighted by Crippen LogP contribution is 1.91. The molecule has 0 radical (unpaired) electrons. The maximum absolute atomic E-state index is 10.8. The minimum absolute atomic E-state index is 0.277. The first-order valence-electron chi connectivity index (χ1n) is 7.38. The van der Waals surface area contributed by atoms with E-state index in [-0.39, 0.29) is 12.7 Å². The smallest absolute Gasteiger partial charge is 0.407 e. The molecule has 0 atom stereocenters. The van der Waals surface area contributed by atoms with Crippen LogP contribution in [0.5, 0.6) is 0 Å². The Morgan fingerprint density at radius 2 is 1.68 bits per heavy atom. The molecular weight excluding hydrogens is 240 g/mol. The average molecular weight is 272 g/mol. The lowest BCUT2D eigenvalue weighted by atomic mass is 10.2. The Kier molecular flexibility index (Phi) is 20.6. The molecule has 0 unspecified atom stereocenters. The van der Waals surface area contributed by atoms with E-state index >= 15 is 0 Å².